The Labute approximate surface area is 138 Å². The third-order valence-corrected chi connectivity index (χ3v) is 3.71. The predicted octanol–water partition coefficient (Wildman–Crippen LogP) is 3.45. The number of rotatable bonds is 6. The molecular formula is C17H14N2O3S. The van der Waals surface area contributed by atoms with E-state index in [4.69, 9.17) is 14.7 Å². The molecule has 0 aliphatic carbocycles. The highest BCUT2D eigenvalue weighted by Gasteiger charge is 2.12. The Morgan fingerprint density at radius 3 is 3.04 bits per heavy atom. The lowest BCUT2D eigenvalue weighted by atomic mass is 10.2. The molecule has 5 nitrogen and oxygen atoms in total. The molecule has 0 aliphatic rings. The molecule has 0 spiro atoms. The predicted molar refractivity (Wildman–Crippen MR) is 88.8 cm³/mol. The van der Waals surface area contributed by atoms with Gasteiger partial charge in [-0.05, 0) is 18.2 Å². The van der Waals surface area contributed by atoms with Crippen LogP contribution >= 0.6 is 11.3 Å². The molecule has 1 heterocycles. The maximum absolute atomic E-state index is 11.7. The number of esters is 1. The van der Waals surface area contributed by atoms with E-state index < -0.39 is 5.97 Å². The van der Waals surface area contributed by atoms with Crippen molar-refractivity contribution in [3.05, 3.63) is 53.6 Å². The molecule has 0 saturated carbocycles. The minimum Gasteiger partial charge on any atom is -0.497 e. The number of carbonyl (C=O) groups excluding carboxylic acids is 1. The first kappa shape index (κ1) is 16.5. The average molecular weight is 326 g/mol. The number of carbonyl (C=O) groups is 1. The van der Waals surface area contributed by atoms with Gasteiger partial charge in [0.1, 0.15) is 29.0 Å². The second-order valence-electron chi connectivity index (χ2n) is 4.37. The Morgan fingerprint density at radius 2 is 2.35 bits per heavy atom. The second-order valence-corrected chi connectivity index (χ2v) is 5.22. The third-order valence-electron chi connectivity index (χ3n) is 2.80. The fraction of sp³-hybridized carbons (Fsp3) is 0.118. The van der Waals surface area contributed by atoms with Gasteiger partial charge in [-0.1, -0.05) is 24.8 Å². The van der Waals surface area contributed by atoms with Crippen LogP contribution in [0.5, 0.6) is 5.75 Å². The summed E-state index contributed by atoms with van der Waals surface area (Å²) in [6, 6.07) is 9.33. The third kappa shape index (κ3) is 4.28. The lowest BCUT2D eigenvalue weighted by molar-refractivity contribution is -0.137. The number of nitriles is 1. The van der Waals surface area contributed by atoms with E-state index in [0.29, 0.717) is 5.69 Å². The maximum Gasteiger partial charge on any atom is 0.349 e. The van der Waals surface area contributed by atoms with Gasteiger partial charge >= 0.3 is 5.97 Å². The van der Waals surface area contributed by atoms with Gasteiger partial charge in [-0.15, -0.1) is 11.3 Å². The second kappa shape index (κ2) is 7.92. The fourth-order valence-electron chi connectivity index (χ4n) is 1.74. The molecule has 2 aromatic rings. The first-order valence-corrected chi connectivity index (χ1v) is 7.55. The Bertz CT molecular complexity index is 787. The van der Waals surface area contributed by atoms with Crippen LogP contribution in [0, 0.1) is 11.3 Å². The van der Waals surface area contributed by atoms with Crippen molar-refractivity contribution in [3.8, 4) is 22.4 Å². The highest BCUT2D eigenvalue weighted by molar-refractivity contribution is 7.13. The van der Waals surface area contributed by atoms with E-state index in [1.54, 1.807) is 12.5 Å². The van der Waals surface area contributed by atoms with Crippen LogP contribution in [-0.2, 0) is 9.53 Å². The smallest absolute Gasteiger partial charge is 0.349 e. The van der Waals surface area contributed by atoms with Crippen molar-refractivity contribution in [2.24, 2.45) is 0 Å². The van der Waals surface area contributed by atoms with Gasteiger partial charge in [0, 0.05) is 10.9 Å². The normalized spacial score (nSPS) is 10.7. The molecule has 1 aromatic heterocycles. The lowest BCUT2D eigenvalue weighted by Crippen LogP contribution is -2.06. The quantitative estimate of drug-likeness (QED) is 0.352. The van der Waals surface area contributed by atoms with Gasteiger partial charge in [0.05, 0.1) is 12.8 Å². The Hall–Kier alpha value is -2.91. The van der Waals surface area contributed by atoms with Crippen LogP contribution in [0.15, 0.2) is 47.9 Å². The van der Waals surface area contributed by atoms with E-state index >= 15 is 0 Å². The molecule has 2 rings (SSSR count). The van der Waals surface area contributed by atoms with Crippen molar-refractivity contribution in [2.45, 2.75) is 0 Å². The monoisotopic (exact) mass is 326 g/mol. The molecule has 0 N–H and O–H groups in total. The van der Waals surface area contributed by atoms with Gasteiger partial charge < -0.3 is 9.47 Å². The molecule has 0 radical (unpaired) electrons. The molecule has 6 heteroatoms. The van der Waals surface area contributed by atoms with Crippen LogP contribution in [0.4, 0.5) is 0 Å². The first-order valence-electron chi connectivity index (χ1n) is 6.67. The van der Waals surface area contributed by atoms with E-state index in [2.05, 4.69) is 11.6 Å². The number of thiazole rings is 1. The number of benzene rings is 1. The van der Waals surface area contributed by atoms with Crippen LogP contribution in [0.2, 0.25) is 0 Å². The average Bonchev–Trinajstić information content (AvgIpc) is 3.06. The van der Waals surface area contributed by atoms with Crippen molar-refractivity contribution in [1.82, 2.24) is 4.98 Å². The van der Waals surface area contributed by atoms with Crippen molar-refractivity contribution in [2.75, 3.05) is 13.7 Å². The van der Waals surface area contributed by atoms with Crippen LogP contribution < -0.4 is 4.74 Å². The standard InChI is InChI=1S/C17H14N2O3S/c1-3-7-22-17(20)13(10-18)8-14-11-23-16(19-14)12-5-4-6-15(9-12)21-2/h3-6,8-9,11H,1,7H2,2H3/b13-8-. The van der Waals surface area contributed by atoms with Gasteiger partial charge in [0.2, 0.25) is 0 Å². The van der Waals surface area contributed by atoms with E-state index in [1.807, 2.05) is 30.3 Å². The van der Waals surface area contributed by atoms with Crippen LogP contribution in [0.25, 0.3) is 16.6 Å². The molecule has 0 unspecified atom stereocenters. The van der Waals surface area contributed by atoms with Gasteiger partial charge in [-0.25, -0.2) is 9.78 Å². The van der Waals surface area contributed by atoms with E-state index in [0.717, 1.165) is 16.3 Å². The summed E-state index contributed by atoms with van der Waals surface area (Å²) < 4.78 is 10.0. The zero-order valence-electron chi connectivity index (χ0n) is 12.5. The zero-order chi connectivity index (χ0) is 16.7. The molecule has 0 saturated heterocycles. The Balaban J connectivity index is 2.24. The largest absolute Gasteiger partial charge is 0.497 e. The minimum atomic E-state index is -0.691. The molecule has 0 amide bonds. The zero-order valence-corrected chi connectivity index (χ0v) is 13.3. The summed E-state index contributed by atoms with van der Waals surface area (Å²) in [5, 5.41) is 11.6. The number of hydrogen-bond donors (Lipinski definition) is 0. The van der Waals surface area contributed by atoms with Gasteiger partial charge in [0.25, 0.3) is 0 Å². The van der Waals surface area contributed by atoms with Gasteiger partial charge in [0.15, 0.2) is 0 Å². The molecule has 0 fully saturated rings. The maximum atomic E-state index is 11.7. The van der Waals surface area contributed by atoms with Crippen molar-refractivity contribution < 1.29 is 14.3 Å². The fourth-order valence-corrected chi connectivity index (χ4v) is 2.51. The Morgan fingerprint density at radius 1 is 1.52 bits per heavy atom. The molecule has 116 valence electrons. The molecule has 0 aliphatic heterocycles. The highest BCUT2D eigenvalue weighted by atomic mass is 32.1. The van der Waals surface area contributed by atoms with Crippen molar-refractivity contribution in [3.63, 3.8) is 0 Å². The summed E-state index contributed by atoms with van der Waals surface area (Å²) in [6.45, 7) is 3.51. The van der Waals surface area contributed by atoms with Gasteiger partial charge in [-0.3, -0.25) is 0 Å². The molecular weight excluding hydrogens is 312 g/mol. The van der Waals surface area contributed by atoms with Crippen LogP contribution in [-0.4, -0.2) is 24.7 Å². The first-order chi connectivity index (χ1) is 11.2. The molecule has 0 atom stereocenters. The number of hydrogen-bond acceptors (Lipinski definition) is 6. The SMILES string of the molecule is C=CCOC(=O)/C(C#N)=C\c1csc(-c2cccc(OC)c2)n1. The van der Waals surface area contributed by atoms with Crippen molar-refractivity contribution >= 4 is 23.4 Å². The molecule has 1 aromatic carbocycles. The minimum absolute atomic E-state index is 0.0595. The number of ether oxygens (including phenoxy) is 2. The molecule has 0 bridgehead atoms. The van der Waals surface area contributed by atoms with E-state index in [9.17, 15) is 4.79 Å². The number of methoxy groups -OCH3 is 1. The summed E-state index contributed by atoms with van der Waals surface area (Å²) in [5.74, 6) is 0.0452. The Kier molecular flexibility index (Phi) is 5.67. The van der Waals surface area contributed by atoms with Crippen LogP contribution in [0.1, 0.15) is 5.69 Å². The summed E-state index contributed by atoms with van der Waals surface area (Å²) in [5.41, 5.74) is 1.33. The summed E-state index contributed by atoms with van der Waals surface area (Å²) >= 11 is 1.41. The topological polar surface area (TPSA) is 72.2 Å². The summed E-state index contributed by atoms with van der Waals surface area (Å²) in [4.78, 5) is 16.1. The van der Waals surface area contributed by atoms with Crippen molar-refractivity contribution in [1.29, 1.82) is 5.26 Å². The molecule has 23 heavy (non-hydrogen) atoms. The van der Waals surface area contributed by atoms with Gasteiger partial charge in [-0.2, -0.15) is 5.26 Å². The van der Waals surface area contributed by atoms with Crippen LogP contribution in [0.3, 0.4) is 0 Å². The van der Waals surface area contributed by atoms with E-state index in [1.165, 1.54) is 23.5 Å². The summed E-state index contributed by atoms with van der Waals surface area (Å²) in [7, 11) is 1.60. The van der Waals surface area contributed by atoms with E-state index in [-0.39, 0.29) is 12.2 Å². The summed E-state index contributed by atoms with van der Waals surface area (Å²) in [6.07, 6.45) is 2.85. The highest BCUT2D eigenvalue weighted by Crippen LogP contribution is 2.27. The number of nitrogens with zero attached hydrogens (tertiary/aromatic N) is 2. The lowest BCUT2D eigenvalue weighted by Gasteiger charge is -2.01. The number of aromatic nitrogens is 1.